The average molecular weight is 317 g/mol. The lowest BCUT2D eigenvalue weighted by atomic mass is 9.85. The van der Waals surface area contributed by atoms with Crippen molar-refractivity contribution in [2.45, 2.75) is 46.0 Å². The second kappa shape index (κ2) is 9.02. The summed E-state index contributed by atoms with van der Waals surface area (Å²) in [6, 6.07) is 4.06. The topological polar surface area (TPSA) is 54.0 Å². The molecule has 0 aliphatic carbocycles. The van der Waals surface area contributed by atoms with Gasteiger partial charge in [0.15, 0.2) is 0 Å². The summed E-state index contributed by atoms with van der Waals surface area (Å²) in [6.45, 7) is 9.46. The minimum Gasteiger partial charge on any atom is -0.355 e. The van der Waals surface area contributed by atoms with Gasteiger partial charge in [-0.15, -0.1) is 0 Å². The Morgan fingerprint density at radius 3 is 2.87 bits per heavy atom. The first-order valence-electron chi connectivity index (χ1n) is 8.95. The van der Waals surface area contributed by atoms with Crippen LogP contribution in [0.1, 0.15) is 51.5 Å². The predicted molar refractivity (Wildman–Crippen MR) is 94.2 cm³/mol. The standard InChI is InChI=1S/C19H31N3O/c1-14(2)18(17-7-5-9-21-12-17)13-22-19(23)10-15(3)16-6-4-8-20-11-16/h5,7,9,12,14-16,18,20H,4,6,8,10-11,13H2,1-3H3,(H,22,23). The minimum atomic E-state index is 0.178. The van der Waals surface area contributed by atoms with E-state index in [0.29, 0.717) is 36.6 Å². The Labute approximate surface area is 140 Å². The molecule has 0 saturated carbocycles. The van der Waals surface area contributed by atoms with Gasteiger partial charge >= 0.3 is 0 Å². The van der Waals surface area contributed by atoms with Gasteiger partial charge in [0, 0.05) is 31.3 Å². The summed E-state index contributed by atoms with van der Waals surface area (Å²) in [7, 11) is 0. The van der Waals surface area contributed by atoms with Crippen molar-refractivity contribution in [2.75, 3.05) is 19.6 Å². The highest BCUT2D eigenvalue weighted by Gasteiger charge is 2.23. The largest absolute Gasteiger partial charge is 0.355 e. The molecule has 0 bridgehead atoms. The summed E-state index contributed by atoms with van der Waals surface area (Å²) in [5, 5.41) is 6.58. The van der Waals surface area contributed by atoms with Crippen molar-refractivity contribution in [3.8, 4) is 0 Å². The molecule has 3 unspecified atom stereocenters. The van der Waals surface area contributed by atoms with Gasteiger partial charge in [-0.05, 0) is 55.3 Å². The van der Waals surface area contributed by atoms with Gasteiger partial charge in [0.25, 0.3) is 0 Å². The van der Waals surface area contributed by atoms with Gasteiger partial charge in [0.1, 0.15) is 0 Å². The fourth-order valence-electron chi connectivity index (χ4n) is 3.45. The smallest absolute Gasteiger partial charge is 0.220 e. The Hall–Kier alpha value is -1.42. The van der Waals surface area contributed by atoms with Crippen LogP contribution in [0.2, 0.25) is 0 Å². The van der Waals surface area contributed by atoms with E-state index in [1.807, 2.05) is 12.3 Å². The number of hydrogen-bond donors (Lipinski definition) is 2. The summed E-state index contributed by atoms with van der Waals surface area (Å²) < 4.78 is 0. The molecule has 23 heavy (non-hydrogen) atoms. The second-order valence-electron chi connectivity index (χ2n) is 7.23. The number of nitrogens with one attached hydrogen (secondary N) is 2. The molecule has 1 aromatic heterocycles. The number of hydrogen-bond acceptors (Lipinski definition) is 3. The molecule has 4 heteroatoms. The van der Waals surface area contributed by atoms with Crippen molar-refractivity contribution in [2.24, 2.45) is 17.8 Å². The van der Waals surface area contributed by atoms with Crippen LogP contribution in [0.15, 0.2) is 24.5 Å². The quantitative estimate of drug-likeness (QED) is 0.813. The number of rotatable bonds is 7. The molecule has 1 aliphatic rings. The molecule has 4 nitrogen and oxygen atoms in total. The van der Waals surface area contributed by atoms with Crippen molar-refractivity contribution in [3.63, 3.8) is 0 Å². The predicted octanol–water partition coefficient (Wildman–Crippen LogP) is 2.96. The maximum Gasteiger partial charge on any atom is 0.220 e. The summed E-state index contributed by atoms with van der Waals surface area (Å²) in [5.41, 5.74) is 1.20. The molecule has 1 fully saturated rings. The number of piperidine rings is 1. The monoisotopic (exact) mass is 317 g/mol. The molecule has 2 heterocycles. The first kappa shape index (κ1) is 17.9. The van der Waals surface area contributed by atoms with Gasteiger partial charge in [0.2, 0.25) is 5.91 Å². The normalized spacial score (nSPS) is 21.0. The fourth-order valence-corrected chi connectivity index (χ4v) is 3.45. The maximum atomic E-state index is 12.3. The minimum absolute atomic E-state index is 0.178. The summed E-state index contributed by atoms with van der Waals surface area (Å²) in [4.78, 5) is 16.5. The Morgan fingerprint density at radius 1 is 1.43 bits per heavy atom. The van der Waals surface area contributed by atoms with Crippen LogP contribution in [0.3, 0.4) is 0 Å². The summed E-state index contributed by atoms with van der Waals surface area (Å²) in [5.74, 6) is 2.05. The van der Waals surface area contributed by atoms with Crippen molar-refractivity contribution in [1.29, 1.82) is 0 Å². The molecular weight excluding hydrogens is 286 g/mol. The lowest BCUT2D eigenvalue weighted by Crippen LogP contribution is -2.36. The summed E-state index contributed by atoms with van der Waals surface area (Å²) >= 11 is 0. The van der Waals surface area contributed by atoms with E-state index in [4.69, 9.17) is 0 Å². The number of carbonyl (C=O) groups excluding carboxylic acids is 1. The maximum absolute atomic E-state index is 12.3. The number of aromatic nitrogens is 1. The highest BCUT2D eigenvalue weighted by atomic mass is 16.1. The van der Waals surface area contributed by atoms with Gasteiger partial charge in [-0.25, -0.2) is 0 Å². The van der Waals surface area contributed by atoms with Crippen molar-refractivity contribution < 1.29 is 4.79 Å². The molecule has 1 saturated heterocycles. The first-order chi connectivity index (χ1) is 11.1. The Bertz CT molecular complexity index is 469. The Kier molecular flexibility index (Phi) is 7.03. The number of carbonyl (C=O) groups is 1. The molecule has 1 aliphatic heterocycles. The Morgan fingerprint density at radius 2 is 2.26 bits per heavy atom. The van der Waals surface area contributed by atoms with Crippen LogP contribution < -0.4 is 10.6 Å². The van der Waals surface area contributed by atoms with Gasteiger partial charge in [-0.3, -0.25) is 9.78 Å². The lowest BCUT2D eigenvalue weighted by molar-refractivity contribution is -0.122. The molecule has 2 N–H and O–H groups in total. The van der Waals surface area contributed by atoms with Gasteiger partial charge in [0.05, 0.1) is 0 Å². The van der Waals surface area contributed by atoms with Crippen LogP contribution in [-0.2, 0) is 4.79 Å². The van der Waals surface area contributed by atoms with Crippen LogP contribution in [0, 0.1) is 17.8 Å². The van der Waals surface area contributed by atoms with Crippen molar-refractivity contribution >= 4 is 5.91 Å². The van der Waals surface area contributed by atoms with E-state index < -0.39 is 0 Å². The van der Waals surface area contributed by atoms with E-state index in [9.17, 15) is 4.79 Å². The lowest BCUT2D eigenvalue weighted by Gasteiger charge is -2.28. The van der Waals surface area contributed by atoms with Gasteiger partial charge in [-0.1, -0.05) is 26.8 Å². The summed E-state index contributed by atoms with van der Waals surface area (Å²) in [6.07, 6.45) is 6.80. The van der Waals surface area contributed by atoms with E-state index in [0.717, 1.165) is 13.1 Å². The highest BCUT2D eigenvalue weighted by molar-refractivity contribution is 5.76. The van der Waals surface area contributed by atoms with Crippen LogP contribution >= 0.6 is 0 Å². The second-order valence-corrected chi connectivity index (χ2v) is 7.23. The molecule has 0 radical (unpaired) electrons. The van der Waals surface area contributed by atoms with E-state index in [1.54, 1.807) is 6.20 Å². The van der Waals surface area contributed by atoms with Crippen LogP contribution in [0.5, 0.6) is 0 Å². The number of pyridine rings is 1. The zero-order chi connectivity index (χ0) is 16.7. The van der Waals surface area contributed by atoms with Crippen molar-refractivity contribution in [1.82, 2.24) is 15.6 Å². The van der Waals surface area contributed by atoms with E-state index in [2.05, 4.69) is 42.5 Å². The van der Waals surface area contributed by atoms with Crippen LogP contribution in [0.25, 0.3) is 0 Å². The van der Waals surface area contributed by atoms with Crippen LogP contribution in [-0.4, -0.2) is 30.5 Å². The number of amides is 1. The third-order valence-corrected chi connectivity index (χ3v) is 5.08. The number of nitrogens with zero attached hydrogens (tertiary/aromatic N) is 1. The average Bonchev–Trinajstić information content (AvgIpc) is 2.56. The van der Waals surface area contributed by atoms with E-state index in [-0.39, 0.29) is 5.91 Å². The van der Waals surface area contributed by atoms with Crippen LogP contribution in [0.4, 0.5) is 0 Å². The third-order valence-electron chi connectivity index (χ3n) is 5.08. The molecule has 0 aromatic carbocycles. The van der Waals surface area contributed by atoms with E-state index >= 15 is 0 Å². The molecule has 2 rings (SSSR count). The molecule has 3 atom stereocenters. The zero-order valence-corrected chi connectivity index (χ0v) is 14.7. The molecule has 1 amide bonds. The zero-order valence-electron chi connectivity index (χ0n) is 14.7. The molecule has 0 spiro atoms. The molecule has 128 valence electrons. The fraction of sp³-hybridized carbons (Fsp3) is 0.684. The Balaban J connectivity index is 1.82. The van der Waals surface area contributed by atoms with Crippen molar-refractivity contribution in [3.05, 3.63) is 30.1 Å². The highest BCUT2D eigenvalue weighted by Crippen LogP contribution is 2.24. The van der Waals surface area contributed by atoms with E-state index in [1.165, 1.54) is 18.4 Å². The molecule has 1 aromatic rings. The SMILES string of the molecule is CC(C)C(CNC(=O)CC(C)C1CCCNC1)c1cccnc1. The van der Waals surface area contributed by atoms with Gasteiger partial charge in [-0.2, -0.15) is 0 Å². The van der Waals surface area contributed by atoms with Gasteiger partial charge < -0.3 is 10.6 Å². The third kappa shape index (κ3) is 5.61. The molecular formula is C19H31N3O. The first-order valence-corrected chi connectivity index (χ1v) is 8.95.